The van der Waals surface area contributed by atoms with Crippen molar-refractivity contribution in [1.29, 1.82) is 0 Å². The molecule has 1 unspecified atom stereocenters. The summed E-state index contributed by atoms with van der Waals surface area (Å²) in [6.07, 6.45) is 2.34. The Hall–Kier alpha value is -2.31. The summed E-state index contributed by atoms with van der Waals surface area (Å²) in [6, 6.07) is 15.0. The summed E-state index contributed by atoms with van der Waals surface area (Å²) in [7, 11) is 0. The third kappa shape index (κ3) is 4.17. The number of piperidine rings is 1. The zero-order valence-electron chi connectivity index (χ0n) is 15.1. The van der Waals surface area contributed by atoms with Crippen molar-refractivity contribution >= 4 is 23.6 Å². The largest absolute Gasteiger partial charge is 0.366 e. The van der Waals surface area contributed by atoms with Crippen LogP contribution in [0.25, 0.3) is 0 Å². The molecule has 27 heavy (non-hydrogen) atoms. The van der Waals surface area contributed by atoms with E-state index < -0.39 is 5.91 Å². The normalized spacial score (nSPS) is 23.8. The van der Waals surface area contributed by atoms with Gasteiger partial charge in [-0.1, -0.05) is 23.9 Å². The van der Waals surface area contributed by atoms with Crippen LogP contribution in [0.3, 0.4) is 0 Å². The first-order chi connectivity index (χ1) is 13.1. The molecule has 2 aliphatic rings. The zero-order valence-corrected chi connectivity index (χ0v) is 15.9. The van der Waals surface area contributed by atoms with Gasteiger partial charge in [0.05, 0.1) is 5.56 Å². The summed E-state index contributed by atoms with van der Waals surface area (Å²) in [4.78, 5) is 28.3. The van der Waals surface area contributed by atoms with E-state index in [0.29, 0.717) is 11.1 Å². The molecule has 3 N–H and O–H groups in total. The molecule has 0 spiro atoms. The Morgan fingerprint density at radius 1 is 1.07 bits per heavy atom. The van der Waals surface area contributed by atoms with E-state index in [2.05, 4.69) is 10.2 Å². The molecule has 2 heterocycles. The van der Waals surface area contributed by atoms with E-state index in [4.69, 9.17) is 5.73 Å². The highest BCUT2D eigenvalue weighted by atomic mass is 32.2. The number of amides is 2. The van der Waals surface area contributed by atoms with Gasteiger partial charge >= 0.3 is 0 Å². The number of primary amides is 1. The predicted octanol–water partition coefficient (Wildman–Crippen LogP) is 2.76. The number of nitrogens with two attached hydrogens (primary N) is 1. The lowest BCUT2D eigenvalue weighted by atomic mass is 9.96. The van der Waals surface area contributed by atoms with E-state index in [1.807, 2.05) is 36.4 Å². The number of benzene rings is 2. The van der Waals surface area contributed by atoms with Gasteiger partial charge in [0.15, 0.2) is 0 Å². The number of hydrogen-bond donors (Lipinski definition) is 2. The third-order valence-corrected chi connectivity index (χ3v) is 6.38. The maximum atomic E-state index is 12.6. The molecule has 140 valence electrons. The summed E-state index contributed by atoms with van der Waals surface area (Å²) in [5.41, 5.74) is 6.60. The highest BCUT2D eigenvalue weighted by Crippen LogP contribution is 2.31. The van der Waals surface area contributed by atoms with Crippen LogP contribution >= 0.6 is 11.8 Å². The van der Waals surface area contributed by atoms with Crippen LogP contribution < -0.4 is 11.1 Å². The molecule has 2 amide bonds. The topological polar surface area (TPSA) is 75.4 Å². The molecule has 2 aromatic carbocycles. The standard InChI is InChI=1S/C21H23N3O2S/c22-20(25)18-3-1-2-4-19(18)27-17-7-5-15(6-8-17)21(26)23-16-11-14-9-10-24(12-14)13-16/h1-8,14,16H,9-13H2,(H2,22,25)(H,23,26)/t14-,16-/m1/s1. The molecule has 2 bridgehead atoms. The molecule has 6 heteroatoms. The van der Waals surface area contributed by atoms with Gasteiger partial charge < -0.3 is 16.0 Å². The maximum absolute atomic E-state index is 12.6. The summed E-state index contributed by atoms with van der Waals surface area (Å²) < 4.78 is 0. The van der Waals surface area contributed by atoms with Crippen LogP contribution in [0.5, 0.6) is 0 Å². The van der Waals surface area contributed by atoms with Gasteiger partial charge in [-0.15, -0.1) is 0 Å². The summed E-state index contributed by atoms with van der Waals surface area (Å²) >= 11 is 1.47. The quantitative estimate of drug-likeness (QED) is 0.835. The molecule has 0 aliphatic carbocycles. The second-order valence-electron chi connectivity index (χ2n) is 7.31. The lowest BCUT2D eigenvalue weighted by Crippen LogP contribution is -2.47. The smallest absolute Gasteiger partial charge is 0.251 e. The lowest BCUT2D eigenvalue weighted by molar-refractivity contribution is 0.0908. The fraction of sp³-hybridized carbons (Fsp3) is 0.333. The van der Waals surface area contributed by atoms with E-state index in [1.54, 1.807) is 12.1 Å². The number of rotatable bonds is 5. The molecule has 2 saturated heterocycles. The Bertz CT molecular complexity index is 841. The molecular formula is C21H23N3O2S. The van der Waals surface area contributed by atoms with Gasteiger partial charge in [0, 0.05) is 34.5 Å². The van der Waals surface area contributed by atoms with Gasteiger partial charge in [0.2, 0.25) is 5.91 Å². The van der Waals surface area contributed by atoms with E-state index in [0.717, 1.165) is 35.2 Å². The second kappa shape index (κ2) is 7.74. The average Bonchev–Trinajstić information content (AvgIpc) is 3.01. The fourth-order valence-electron chi connectivity index (χ4n) is 3.99. The van der Waals surface area contributed by atoms with E-state index in [-0.39, 0.29) is 11.9 Å². The van der Waals surface area contributed by atoms with Crippen LogP contribution in [0.4, 0.5) is 0 Å². The molecule has 0 radical (unpaired) electrons. The Morgan fingerprint density at radius 2 is 1.85 bits per heavy atom. The minimum Gasteiger partial charge on any atom is -0.366 e. The summed E-state index contributed by atoms with van der Waals surface area (Å²) in [5.74, 6) is 0.274. The number of nitrogens with one attached hydrogen (secondary N) is 1. The van der Waals surface area contributed by atoms with Crippen molar-refractivity contribution in [3.63, 3.8) is 0 Å². The van der Waals surface area contributed by atoms with Crippen molar-refractivity contribution in [2.75, 3.05) is 19.6 Å². The van der Waals surface area contributed by atoms with Crippen molar-refractivity contribution < 1.29 is 9.59 Å². The van der Waals surface area contributed by atoms with Crippen molar-refractivity contribution in [1.82, 2.24) is 10.2 Å². The molecule has 2 fully saturated rings. The second-order valence-corrected chi connectivity index (χ2v) is 8.42. The number of nitrogens with zero attached hydrogens (tertiary/aromatic N) is 1. The van der Waals surface area contributed by atoms with Crippen molar-refractivity contribution in [3.05, 3.63) is 59.7 Å². The Balaban J connectivity index is 1.40. The Morgan fingerprint density at radius 3 is 2.59 bits per heavy atom. The summed E-state index contributed by atoms with van der Waals surface area (Å²) in [5, 5.41) is 3.18. The van der Waals surface area contributed by atoms with Crippen molar-refractivity contribution in [2.24, 2.45) is 11.7 Å². The first-order valence-corrected chi connectivity index (χ1v) is 10.1. The van der Waals surface area contributed by atoms with Gasteiger partial charge in [0.1, 0.15) is 0 Å². The first kappa shape index (κ1) is 18.1. The van der Waals surface area contributed by atoms with E-state index in [9.17, 15) is 9.59 Å². The van der Waals surface area contributed by atoms with Gasteiger partial charge in [-0.25, -0.2) is 0 Å². The van der Waals surface area contributed by atoms with Gasteiger partial charge in [-0.2, -0.15) is 0 Å². The third-order valence-electron chi connectivity index (χ3n) is 5.30. The fourth-order valence-corrected chi connectivity index (χ4v) is 4.94. The monoisotopic (exact) mass is 381 g/mol. The van der Waals surface area contributed by atoms with Crippen LogP contribution in [-0.2, 0) is 0 Å². The number of carbonyl (C=O) groups is 2. The zero-order chi connectivity index (χ0) is 18.8. The Labute approximate surface area is 163 Å². The van der Waals surface area contributed by atoms with Crippen molar-refractivity contribution in [3.8, 4) is 0 Å². The van der Waals surface area contributed by atoms with E-state index in [1.165, 1.54) is 24.7 Å². The number of fused-ring (bicyclic) bond motifs is 2. The molecule has 0 aromatic heterocycles. The highest BCUT2D eigenvalue weighted by molar-refractivity contribution is 7.99. The molecule has 4 rings (SSSR count). The maximum Gasteiger partial charge on any atom is 0.251 e. The Kier molecular flexibility index (Phi) is 5.18. The van der Waals surface area contributed by atoms with E-state index >= 15 is 0 Å². The number of carbonyl (C=O) groups excluding carboxylic acids is 2. The van der Waals surface area contributed by atoms with Crippen LogP contribution in [0.2, 0.25) is 0 Å². The molecule has 3 atom stereocenters. The summed E-state index contributed by atoms with van der Waals surface area (Å²) in [6.45, 7) is 3.31. The van der Waals surface area contributed by atoms with Crippen molar-refractivity contribution in [2.45, 2.75) is 28.7 Å². The molecule has 2 aliphatic heterocycles. The molecule has 0 saturated carbocycles. The lowest BCUT2D eigenvalue weighted by Gasteiger charge is -2.30. The predicted molar refractivity (Wildman–Crippen MR) is 106 cm³/mol. The molecular weight excluding hydrogens is 358 g/mol. The van der Waals surface area contributed by atoms with Crippen LogP contribution in [0, 0.1) is 5.92 Å². The average molecular weight is 382 g/mol. The van der Waals surface area contributed by atoms with Gasteiger partial charge in [0.25, 0.3) is 5.91 Å². The highest BCUT2D eigenvalue weighted by Gasteiger charge is 2.32. The minimum absolute atomic E-state index is 0.0170. The molecule has 5 nitrogen and oxygen atoms in total. The van der Waals surface area contributed by atoms with Crippen LogP contribution in [0.1, 0.15) is 33.6 Å². The minimum atomic E-state index is -0.439. The number of hydrogen-bond acceptors (Lipinski definition) is 4. The van der Waals surface area contributed by atoms with Crippen LogP contribution in [-0.4, -0.2) is 42.4 Å². The first-order valence-electron chi connectivity index (χ1n) is 9.28. The van der Waals surface area contributed by atoms with Gasteiger partial charge in [-0.3, -0.25) is 9.59 Å². The SMILES string of the molecule is NC(=O)c1ccccc1Sc1ccc(C(=O)N[C@@H]2C[C@H]3CCN(C3)C2)cc1. The molecule has 2 aromatic rings. The van der Waals surface area contributed by atoms with Gasteiger partial charge in [-0.05, 0) is 61.7 Å². The van der Waals surface area contributed by atoms with Crippen LogP contribution in [0.15, 0.2) is 58.3 Å².